The fourth-order valence-electron chi connectivity index (χ4n) is 1.26. The lowest BCUT2D eigenvalue weighted by Crippen LogP contribution is -1.81. The van der Waals surface area contributed by atoms with Gasteiger partial charge in [0.1, 0.15) is 0 Å². The smallest absolute Gasteiger partial charge is 0.0702 e. The molecule has 0 atom stereocenters. The Bertz CT molecular complexity index is 397. The van der Waals surface area contributed by atoms with Gasteiger partial charge >= 0.3 is 0 Å². The van der Waals surface area contributed by atoms with E-state index in [4.69, 9.17) is 0 Å². The van der Waals surface area contributed by atoms with E-state index in [1.165, 1.54) is 11.1 Å². The van der Waals surface area contributed by atoms with Gasteiger partial charge in [-0.1, -0.05) is 36.4 Å². The predicted molar refractivity (Wildman–Crippen MR) is 57.4 cm³/mol. The topological polar surface area (TPSA) is 12.4 Å². The summed E-state index contributed by atoms with van der Waals surface area (Å²) in [6.07, 6.45) is 8.08. The highest BCUT2D eigenvalue weighted by Crippen LogP contribution is 2.21. The summed E-state index contributed by atoms with van der Waals surface area (Å²) in [6, 6.07) is 8.12. The summed E-state index contributed by atoms with van der Waals surface area (Å²) in [5, 5.41) is 0. The SMILES string of the molecule is CC1=C/C=C\c2ccccc2/N=C\1. The molecule has 2 rings (SSSR count). The molecule has 0 bridgehead atoms. The average molecular weight is 169 g/mol. The predicted octanol–water partition coefficient (Wildman–Crippen LogP) is 3.36. The summed E-state index contributed by atoms with van der Waals surface area (Å²) in [5.41, 5.74) is 3.37. The van der Waals surface area contributed by atoms with Gasteiger partial charge in [-0.15, -0.1) is 0 Å². The number of nitrogens with zero attached hydrogens (tertiary/aromatic N) is 1. The minimum Gasteiger partial charge on any atom is -0.256 e. The molecule has 64 valence electrons. The van der Waals surface area contributed by atoms with Crippen molar-refractivity contribution in [3.63, 3.8) is 0 Å². The van der Waals surface area contributed by atoms with Crippen molar-refractivity contribution >= 4 is 18.0 Å². The van der Waals surface area contributed by atoms with Crippen LogP contribution in [0.5, 0.6) is 0 Å². The first-order valence-corrected chi connectivity index (χ1v) is 4.34. The molecular formula is C12H11N. The monoisotopic (exact) mass is 169 g/mol. The number of para-hydroxylation sites is 1. The first kappa shape index (κ1) is 7.99. The Morgan fingerprint density at radius 3 is 2.92 bits per heavy atom. The molecule has 1 aromatic carbocycles. The molecule has 0 amide bonds. The van der Waals surface area contributed by atoms with Crippen LogP contribution in [-0.2, 0) is 0 Å². The van der Waals surface area contributed by atoms with Crippen LogP contribution in [0.2, 0.25) is 0 Å². The van der Waals surface area contributed by atoms with E-state index in [2.05, 4.69) is 29.3 Å². The van der Waals surface area contributed by atoms with Gasteiger partial charge in [0.25, 0.3) is 0 Å². The third-order valence-corrected chi connectivity index (χ3v) is 1.98. The van der Waals surface area contributed by atoms with Crippen molar-refractivity contribution in [3.05, 3.63) is 47.6 Å². The van der Waals surface area contributed by atoms with Crippen LogP contribution in [-0.4, -0.2) is 6.21 Å². The molecular weight excluding hydrogens is 158 g/mol. The zero-order valence-electron chi connectivity index (χ0n) is 7.57. The lowest BCUT2D eigenvalue weighted by atomic mass is 10.1. The van der Waals surface area contributed by atoms with Crippen molar-refractivity contribution in [1.82, 2.24) is 0 Å². The second kappa shape index (κ2) is 3.40. The largest absolute Gasteiger partial charge is 0.256 e. The van der Waals surface area contributed by atoms with Gasteiger partial charge in [0, 0.05) is 11.8 Å². The molecule has 13 heavy (non-hydrogen) atoms. The lowest BCUT2D eigenvalue weighted by molar-refractivity contribution is 1.48. The van der Waals surface area contributed by atoms with Crippen molar-refractivity contribution in [3.8, 4) is 0 Å². The van der Waals surface area contributed by atoms with Gasteiger partial charge in [-0.2, -0.15) is 0 Å². The molecule has 0 saturated heterocycles. The van der Waals surface area contributed by atoms with E-state index in [0.29, 0.717) is 0 Å². The van der Waals surface area contributed by atoms with Crippen LogP contribution in [0.4, 0.5) is 5.69 Å². The molecule has 0 radical (unpaired) electrons. The van der Waals surface area contributed by atoms with Crippen molar-refractivity contribution in [2.45, 2.75) is 6.92 Å². The third kappa shape index (κ3) is 1.75. The van der Waals surface area contributed by atoms with Crippen LogP contribution in [0.3, 0.4) is 0 Å². The lowest BCUT2D eigenvalue weighted by Gasteiger charge is -2.01. The molecule has 1 heterocycles. The first-order valence-electron chi connectivity index (χ1n) is 4.34. The molecule has 0 aliphatic carbocycles. The van der Waals surface area contributed by atoms with Crippen molar-refractivity contribution in [2.75, 3.05) is 0 Å². The second-order valence-electron chi connectivity index (χ2n) is 3.09. The minimum atomic E-state index is 1.03. The van der Waals surface area contributed by atoms with Crippen LogP contribution < -0.4 is 0 Å². The highest BCUT2D eigenvalue weighted by Gasteiger charge is 1.96. The highest BCUT2D eigenvalue weighted by atomic mass is 14.7. The number of rotatable bonds is 0. The summed E-state index contributed by atoms with van der Waals surface area (Å²) < 4.78 is 0. The molecule has 0 aromatic heterocycles. The molecule has 1 nitrogen and oxygen atoms in total. The van der Waals surface area contributed by atoms with Gasteiger partial charge in [0.15, 0.2) is 0 Å². The number of hydrogen-bond acceptors (Lipinski definition) is 1. The Hall–Kier alpha value is -1.63. The van der Waals surface area contributed by atoms with Crippen LogP contribution in [0, 0.1) is 0 Å². The minimum absolute atomic E-state index is 1.03. The molecule has 0 fully saturated rings. The van der Waals surface area contributed by atoms with Gasteiger partial charge in [-0.3, -0.25) is 4.99 Å². The Morgan fingerprint density at radius 1 is 1.15 bits per heavy atom. The van der Waals surface area contributed by atoms with Gasteiger partial charge < -0.3 is 0 Å². The number of fused-ring (bicyclic) bond motifs is 1. The van der Waals surface area contributed by atoms with Gasteiger partial charge in [-0.25, -0.2) is 0 Å². The normalized spacial score (nSPS) is 23.3. The summed E-state index contributed by atoms with van der Waals surface area (Å²) in [7, 11) is 0. The van der Waals surface area contributed by atoms with E-state index in [1.54, 1.807) is 0 Å². The molecule has 0 unspecified atom stereocenters. The van der Waals surface area contributed by atoms with Gasteiger partial charge in [0.2, 0.25) is 0 Å². The Kier molecular flexibility index (Phi) is 2.09. The first-order chi connectivity index (χ1) is 6.36. The standard InChI is InChI=1S/C12H11N/c1-10-5-4-7-11-6-2-3-8-12(11)13-9-10/h2-9H,1H3/b5-4?,7-4-,10-5-,10-9?,11-7?,13-9-,13-12?. The average Bonchev–Trinajstić information content (AvgIpc) is 2.13. The molecule has 1 aliphatic heterocycles. The highest BCUT2D eigenvalue weighted by molar-refractivity contribution is 5.84. The summed E-state index contributed by atoms with van der Waals surface area (Å²) in [5.74, 6) is 0. The Labute approximate surface area is 78.1 Å². The Balaban J connectivity index is 2.52. The quantitative estimate of drug-likeness (QED) is 0.564. The summed E-state index contributed by atoms with van der Waals surface area (Å²) >= 11 is 0. The van der Waals surface area contributed by atoms with Gasteiger partial charge in [0.05, 0.1) is 5.69 Å². The third-order valence-electron chi connectivity index (χ3n) is 1.98. The van der Waals surface area contributed by atoms with Crippen LogP contribution in [0.1, 0.15) is 12.5 Å². The van der Waals surface area contributed by atoms with E-state index in [0.717, 1.165) is 5.69 Å². The molecule has 1 aromatic rings. The van der Waals surface area contributed by atoms with Gasteiger partial charge in [-0.05, 0) is 18.6 Å². The van der Waals surface area contributed by atoms with E-state index in [1.807, 2.05) is 31.3 Å². The number of allylic oxidation sites excluding steroid dienone is 3. The Morgan fingerprint density at radius 2 is 2.00 bits per heavy atom. The number of benzene rings is 1. The maximum absolute atomic E-state index is 4.38. The zero-order valence-corrected chi connectivity index (χ0v) is 7.57. The summed E-state index contributed by atoms with van der Waals surface area (Å²) in [4.78, 5) is 4.38. The fourth-order valence-corrected chi connectivity index (χ4v) is 1.26. The van der Waals surface area contributed by atoms with Crippen molar-refractivity contribution < 1.29 is 0 Å². The molecule has 1 heteroatoms. The van der Waals surface area contributed by atoms with E-state index >= 15 is 0 Å². The summed E-state index contributed by atoms with van der Waals surface area (Å²) in [6.45, 7) is 2.04. The zero-order chi connectivity index (χ0) is 9.10. The van der Waals surface area contributed by atoms with E-state index in [9.17, 15) is 0 Å². The molecule has 0 spiro atoms. The molecule has 1 aliphatic rings. The van der Waals surface area contributed by atoms with Crippen LogP contribution >= 0.6 is 0 Å². The van der Waals surface area contributed by atoms with Crippen molar-refractivity contribution in [1.29, 1.82) is 0 Å². The number of aliphatic imine (C=N–C) groups is 1. The van der Waals surface area contributed by atoms with Crippen molar-refractivity contribution in [2.24, 2.45) is 4.99 Å². The number of hydrogen-bond donors (Lipinski definition) is 0. The molecule has 0 saturated carbocycles. The fraction of sp³-hybridized carbons (Fsp3) is 0.0833. The second-order valence-corrected chi connectivity index (χ2v) is 3.09. The van der Waals surface area contributed by atoms with E-state index in [-0.39, 0.29) is 0 Å². The van der Waals surface area contributed by atoms with E-state index < -0.39 is 0 Å². The maximum atomic E-state index is 4.38. The molecule has 0 N–H and O–H groups in total. The van der Waals surface area contributed by atoms with Crippen LogP contribution in [0.15, 0.2) is 47.0 Å². The van der Waals surface area contributed by atoms with Crippen LogP contribution in [0.25, 0.3) is 6.08 Å². The maximum Gasteiger partial charge on any atom is 0.0702 e.